The molecular weight excluding hydrogens is 322 g/mol. The molecule has 0 N–H and O–H groups in total. The van der Waals surface area contributed by atoms with Crippen LogP contribution in [0.3, 0.4) is 0 Å². The first-order valence-electron chi connectivity index (χ1n) is 7.56. The summed E-state index contributed by atoms with van der Waals surface area (Å²) >= 11 is 0. The van der Waals surface area contributed by atoms with Crippen molar-refractivity contribution in [1.29, 1.82) is 0 Å². The number of hydroxylamine groups is 2. The Morgan fingerprint density at radius 1 is 1.04 bits per heavy atom. The molecule has 2 aliphatic rings. The Morgan fingerprint density at radius 2 is 1.50 bits per heavy atom. The van der Waals surface area contributed by atoms with Crippen LogP contribution in [0, 0.1) is 0 Å². The Morgan fingerprint density at radius 3 is 1.96 bits per heavy atom. The first-order valence-corrected chi connectivity index (χ1v) is 7.56. The quantitative estimate of drug-likeness (QED) is 0.537. The van der Waals surface area contributed by atoms with Gasteiger partial charge >= 0.3 is 11.9 Å². The van der Waals surface area contributed by atoms with E-state index in [0.29, 0.717) is 5.06 Å². The van der Waals surface area contributed by atoms with Crippen molar-refractivity contribution < 1.29 is 38.2 Å². The van der Waals surface area contributed by atoms with E-state index >= 15 is 0 Å². The second-order valence-corrected chi connectivity index (χ2v) is 7.00. The first kappa shape index (κ1) is 18.3. The van der Waals surface area contributed by atoms with Crippen LogP contribution in [-0.4, -0.2) is 52.4 Å². The second-order valence-electron chi connectivity index (χ2n) is 7.00. The normalized spacial score (nSPS) is 26.6. The Hall–Kier alpha value is -2.00. The van der Waals surface area contributed by atoms with Crippen molar-refractivity contribution in [1.82, 2.24) is 5.06 Å². The van der Waals surface area contributed by atoms with Crippen LogP contribution in [-0.2, 0) is 38.2 Å². The number of imide groups is 1. The number of hydrogen-bond acceptors (Lipinski definition) is 8. The van der Waals surface area contributed by atoms with E-state index in [4.69, 9.17) is 19.0 Å². The van der Waals surface area contributed by atoms with Gasteiger partial charge in [0, 0.05) is 12.8 Å². The number of nitrogens with zero attached hydrogens (tertiary/aromatic N) is 1. The molecular formula is C15H21NO8. The summed E-state index contributed by atoms with van der Waals surface area (Å²) in [7, 11) is 0. The zero-order chi connectivity index (χ0) is 18.3. The summed E-state index contributed by atoms with van der Waals surface area (Å²) in [5.74, 6) is -4.35. The molecule has 0 radical (unpaired) electrons. The van der Waals surface area contributed by atoms with Crippen molar-refractivity contribution in [3.63, 3.8) is 0 Å². The maximum Gasteiger partial charge on any atom is 0.365 e. The third kappa shape index (κ3) is 4.09. The lowest BCUT2D eigenvalue weighted by Crippen LogP contribution is -2.44. The van der Waals surface area contributed by atoms with E-state index in [-0.39, 0.29) is 12.8 Å². The highest BCUT2D eigenvalue weighted by atomic mass is 16.8. The largest absolute Gasteiger partial charge is 0.458 e. The summed E-state index contributed by atoms with van der Waals surface area (Å²) in [6.45, 7) is 8.04. The first-order chi connectivity index (χ1) is 10.9. The summed E-state index contributed by atoms with van der Waals surface area (Å²) < 4.78 is 16.0. The van der Waals surface area contributed by atoms with Crippen molar-refractivity contribution >= 4 is 23.8 Å². The highest BCUT2D eigenvalue weighted by molar-refractivity contribution is 6.02. The highest BCUT2D eigenvalue weighted by Crippen LogP contribution is 2.31. The lowest BCUT2D eigenvalue weighted by Gasteiger charge is -2.23. The average Bonchev–Trinajstić information content (AvgIpc) is 2.90. The molecule has 2 rings (SSSR count). The third-order valence-corrected chi connectivity index (χ3v) is 3.15. The van der Waals surface area contributed by atoms with Gasteiger partial charge in [-0.2, -0.15) is 0 Å². The molecule has 2 fully saturated rings. The van der Waals surface area contributed by atoms with Gasteiger partial charge in [0.05, 0.1) is 0 Å². The Bertz CT molecular complexity index is 561. The molecule has 0 aromatic rings. The standard InChI is InChI=1S/C15H21NO8/c1-14(2,3)23-12(19)10-11(22-15(4,5)21-10)13(20)24-16-8(17)6-7-9(16)18/h10-11H,6-7H2,1-5H3/t10-,11-/m1/s1. The number of esters is 1. The van der Waals surface area contributed by atoms with Crippen molar-refractivity contribution in [2.75, 3.05) is 0 Å². The van der Waals surface area contributed by atoms with Crippen LogP contribution in [0.15, 0.2) is 0 Å². The van der Waals surface area contributed by atoms with Gasteiger partial charge in [0.25, 0.3) is 11.8 Å². The van der Waals surface area contributed by atoms with Crippen LogP contribution in [0.25, 0.3) is 0 Å². The van der Waals surface area contributed by atoms with Crippen molar-refractivity contribution in [2.24, 2.45) is 0 Å². The van der Waals surface area contributed by atoms with Gasteiger partial charge in [-0.1, -0.05) is 0 Å². The van der Waals surface area contributed by atoms with Gasteiger partial charge in [-0.15, -0.1) is 5.06 Å². The minimum absolute atomic E-state index is 0.0326. The smallest absolute Gasteiger partial charge is 0.365 e. The number of hydrogen-bond donors (Lipinski definition) is 0. The van der Waals surface area contributed by atoms with Gasteiger partial charge in [0.1, 0.15) is 5.60 Å². The molecule has 0 saturated carbocycles. The molecule has 2 heterocycles. The summed E-state index contributed by atoms with van der Waals surface area (Å²) in [6.07, 6.45) is -2.87. The Balaban J connectivity index is 2.13. The Labute approximate surface area is 139 Å². The summed E-state index contributed by atoms with van der Waals surface area (Å²) in [4.78, 5) is 52.4. The maximum absolute atomic E-state index is 12.3. The molecule has 24 heavy (non-hydrogen) atoms. The molecule has 134 valence electrons. The molecule has 9 nitrogen and oxygen atoms in total. The molecule has 0 spiro atoms. The molecule has 2 aliphatic heterocycles. The minimum atomic E-state index is -1.45. The van der Waals surface area contributed by atoms with Gasteiger partial charge in [0.2, 0.25) is 0 Å². The van der Waals surface area contributed by atoms with Crippen LogP contribution in [0.4, 0.5) is 0 Å². The highest BCUT2D eigenvalue weighted by Gasteiger charge is 2.52. The van der Waals surface area contributed by atoms with E-state index in [1.807, 2.05) is 0 Å². The average molecular weight is 343 g/mol. The number of ether oxygens (including phenoxy) is 3. The number of carbonyl (C=O) groups excluding carboxylic acids is 4. The van der Waals surface area contributed by atoms with Gasteiger partial charge in [-0.3, -0.25) is 9.59 Å². The molecule has 2 saturated heterocycles. The second kappa shape index (κ2) is 6.14. The van der Waals surface area contributed by atoms with Crippen LogP contribution in [0.2, 0.25) is 0 Å². The molecule has 0 bridgehead atoms. The van der Waals surface area contributed by atoms with Crippen LogP contribution < -0.4 is 0 Å². The molecule has 0 unspecified atom stereocenters. The van der Waals surface area contributed by atoms with Crippen molar-refractivity contribution in [3.8, 4) is 0 Å². The van der Waals surface area contributed by atoms with E-state index in [0.717, 1.165) is 0 Å². The lowest BCUT2D eigenvalue weighted by molar-refractivity contribution is -0.208. The summed E-state index contributed by atoms with van der Waals surface area (Å²) in [5, 5.41) is 0.392. The fourth-order valence-corrected chi connectivity index (χ4v) is 2.27. The zero-order valence-corrected chi connectivity index (χ0v) is 14.3. The van der Waals surface area contributed by atoms with Crippen molar-refractivity contribution in [3.05, 3.63) is 0 Å². The predicted molar refractivity (Wildman–Crippen MR) is 76.8 cm³/mol. The minimum Gasteiger partial charge on any atom is -0.458 e. The van der Waals surface area contributed by atoms with Crippen LogP contribution in [0.5, 0.6) is 0 Å². The number of carbonyl (C=O) groups is 4. The summed E-state index contributed by atoms with van der Waals surface area (Å²) in [5.41, 5.74) is -0.789. The predicted octanol–water partition coefficient (Wildman–Crippen LogP) is 0.455. The van der Waals surface area contributed by atoms with E-state index in [1.54, 1.807) is 20.8 Å². The fraction of sp³-hybridized carbons (Fsp3) is 0.733. The number of rotatable bonds is 3. The van der Waals surface area contributed by atoms with E-state index in [1.165, 1.54) is 13.8 Å². The van der Waals surface area contributed by atoms with E-state index in [9.17, 15) is 19.2 Å². The SMILES string of the molecule is CC(C)(C)OC(=O)[C@@H]1OC(C)(C)O[C@H]1C(=O)ON1C(=O)CCC1=O. The topological polar surface area (TPSA) is 108 Å². The maximum atomic E-state index is 12.3. The molecule has 2 atom stereocenters. The van der Waals surface area contributed by atoms with Gasteiger partial charge in [0.15, 0.2) is 18.0 Å². The molecule has 0 aromatic carbocycles. The number of amides is 2. The zero-order valence-electron chi connectivity index (χ0n) is 14.3. The van der Waals surface area contributed by atoms with Gasteiger partial charge in [-0.05, 0) is 34.6 Å². The Kier molecular flexibility index (Phi) is 4.69. The summed E-state index contributed by atoms with van der Waals surface area (Å²) in [6, 6.07) is 0. The molecule has 2 amide bonds. The third-order valence-electron chi connectivity index (χ3n) is 3.15. The molecule has 0 aromatic heterocycles. The fourth-order valence-electron chi connectivity index (χ4n) is 2.27. The molecule has 9 heteroatoms. The van der Waals surface area contributed by atoms with Crippen LogP contribution >= 0.6 is 0 Å². The molecule has 0 aliphatic carbocycles. The van der Waals surface area contributed by atoms with E-state index < -0.39 is 47.3 Å². The van der Waals surface area contributed by atoms with Crippen molar-refractivity contribution in [2.45, 2.75) is 71.1 Å². The van der Waals surface area contributed by atoms with Gasteiger partial charge < -0.3 is 19.0 Å². The van der Waals surface area contributed by atoms with Gasteiger partial charge in [-0.25, -0.2) is 9.59 Å². The van der Waals surface area contributed by atoms with E-state index in [2.05, 4.69) is 0 Å². The lowest BCUT2D eigenvalue weighted by atomic mass is 10.1. The van der Waals surface area contributed by atoms with Crippen LogP contribution in [0.1, 0.15) is 47.5 Å². The monoisotopic (exact) mass is 343 g/mol.